The third-order valence-corrected chi connectivity index (χ3v) is 3.40. The number of hydrogen-bond acceptors (Lipinski definition) is 3. The van der Waals surface area contributed by atoms with Crippen LogP contribution >= 0.6 is 22.6 Å². The largest absolute Gasteiger partial charge is 0.424 e. The van der Waals surface area contributed by atoms with Gasteiger partial charge in [0, 0.05) is 16.0 Å². The van der Waals surface area contributed by atoms with Gasteiger partial charge in [-0.05, 0) is 52.1 Å². The van der Waals surface area contributed by atoms with Crippen LogP contribution in [-0.4, -0.2) is 9.97 Å². The Morgan fingerprint density at radius 1 is 1.11 bits per heavy atom. The Bertz CT molecular complexity index is 574. The van der Waals surface area contributed by atoms with Crippen LogP contribution in [0.15, 0.2) is 30.6 Å². The quantitative estimate of drug-likeness (QED) is 0.734. The third kappa shape index (κ3) is 3.65. The second kappa shape index (κ2) is 5.45. The van der Waals surface area contributed by atoms with E-state index in [1.54, 1.807) is 12.4 Å². The molecule has 0 N–H and O–H groups in total. The van der Waals surface area contributed by atoms with E-state index >= 15 is 0 Å². The Kier molecular flexibility index (Phi) is 4.08. The van der Waals surface area contributed by atoms with Crippen LogP contribution in [0.1, 0.15) is 31.9 Å². The molecule has 0 spiro atoms. The van der Waals surface area contributed by atoms with Crippen LogP contribution in [0, 0.1) is 10.5 Å². The van der Waals surface area contributed by atoms with E-state index in [2.05, 4.69) is 65.5 Å². The van der Waals surface area contributed by atoms with Crippen LogP contribution in [0.5, 0.6) is 11.8 Å². The number of aryl methyl sites for hydroxylation is 1. The summed E-state index contributed by atoms with van der Waals surface area (Å²) >= 11 is 2.17. The van der Waals surface area contributed by atoms with E-state index < -0.39 is 0 Å². The van der Waals surface area contributed by atoms with Gasteiger partial charge in [0.25, 0.3) is 0 Å². The molecule has 2 rings (SSSR count). The maximum absolute atomic E-state index is 5.71. The van der Waals surface area contributed by atoms with E-state index in [1.807, 2.05) is 13.0 Å². The summed E-state index contributed by atoms with van der Waals surface area (Å²) in [6.07, 6.45) is 3.48. The molecule has 0 aliphatic heterocycles. The molecule has 0 aliphatic rings. The minimum Gasteiger partial charge on any atom is -0.424 e. The van der Waals surface area contributed by atoms with Gasteiger partial charge in [0.1, 0.15) is 5.75 Å². The van der Waals surface area contributed by atoms with Gasteiger partial charge in [-0.1, -0.05) is 32.9 Å². The molecule has 3 nitrogen and oxygen atoms in total. The number of benzene rings is 1. The van der Waals surface area contributed by atoms with Crippen molar-refractivity contribution in [1.82, 2.24) is 9.97 Å². The van der Waals surface area contributed by atoms with Crippen molar-refractivity contribution in [2.45, 2.75) is 33.1 Å². The third-order valence-electron chi connectivity index (χ3n) is 2.84. The maximum Gasteiger partial charge on any atom is 0.321 e. The first-order valence-corrected chi connectivity index (χ1v) is 7.20. The van der Waals surface area contributed by atoms with Crippen molar-refractivity contribution in [3.63, 3.8) is 0 Å². The molecule has 0 atom stereocenters. The molecule has 19 heavy (non-hydrogen) atoms. The summed E-state index contributed by atoms with van der Waals surface area (Å²) in [6.45, 7) is 8.64. The van der Waals surface area contributed by atoms with Crippen molar-refractivity contribution in [2.75, 3.05) is 0 Å². The second-order valence-electron chi connectivity index (χ2n) is 5.52. The first-order chi connectivity index (χ1) is 8.86. The summed E-state index contributed by atoms with van der Waals surface area (Å²) in [5, 5.41) is 0. The summed E-state index contributed by atoms with van der Waals surface area (Å²) in [7, 11) is 0. The van der Waals surface area contributed by atoms with Gasteiger partial charge in [0.15, 0.2) is 0 Å². The summed E-state index contributed by atoms with van der Waals surface area (Å²) in [5.41, 5.74) is 2.53. The molecule has 2 aromatic rings. The highest BCUT2D eigenvalue weighted by Crippen LogP contribution is 2.29. The zero-order valence-corrected chi connectivity index (χ0v) is 13.7. The Labute approximate surface area is 127 Å². The lowest BCUT2D eigenvalue weighted by atomic mass is 9.86. The molecule has 0 fully saturated rings. The lowest BCUT2D eigenvalue weighted by molar-refractivity contribution is 0.437. The van der Waals surface area contributed by atoms with Crippen molar-refractivity contribution >= 4 is 22.6 Å². The lowest BCUT2D eigenvalue weighted by Gasteiger charge is -2.20. The van der Waals surface area contributed by atoms with Gasteiger partial charge < -0.3 is 4.74 Å². The van der Waals surface area contributed by atoms with Crippen molar-refractivity contribution in [3.8, 4) is 11.8 Å². The van der Waals surface area contributed by atoms with Crippen LogP contribution in [0.4, 0.5) is 0 Å². The van der Waals surface area contributed by atoms with Gasteiger partial charge in [0.2, 0.25) is 0 Å². The summed E-state index contributed by atoms with van der Waals surface area (Å²) < 4.78 is 6.70. The summed E-state index contributed by atoms with van der Waals surface area (Å²) in [6, 6.07) is 6.61. The van der Waals surface area contributed by atoms with E-state index in [1.165, 1.54) is 5.56 Å². The Balaban J connectivity index is 2.24. The smallest absolute Gasteiger partial charge is 0.321 e. The number of ether oxygens (including phenoxy) is 1. The molecule has 0 saturated heterocycles. The Hall–Kier alpha value is -1.17. The first kappa shape index (κ1) is 14.2. The number of rotatable bonds is 2. The number of halogens is 1. The number of hydrogen-bond donors (Lipinski definition) is 0. The van der Waals surface area contributed by atoms with Crippen molar-refractivity contribution in [2.24, 2.45) is 0 Å². The molecule has 0 aliphatic carbocycles. The van der Waals surface area contributed by atoms with Crippen molar-refractivity contribution in [1.29, 1.82) is 0 Å². The number of aromatic nitrogens is 2. The highest BCUT2D eigenvalue weighted by molar-refractivity contribution is 14.1. The molecule has 1 heterocycles. The average Bonchev–Trinajstić information content (AvgIpc) is 2.33. The molecule has 0 radical (unpaired) electrons. The molecule has 0 unspecified atom stereocenters. The van der Waals surface area contributed by atoms with Crippen LogP contribution in [0.3, 0.4) is 0 Å². The predicted octanol–water partition coefficient (Wildman–Crippen LogP) is 4.48. The van der Waals surface area contributed by atoms with E-state index in [9.17, 15) is 0 Å². The van der Waals surface area contributed by atoms with Crippen LogP contribution in [-0.2, 0) is 5.41 Å². The zero-order chi connectivity index (χ0) is 14.0. The normalized spacial score (nSPS) is 11.4. The molecule has 0 bridgehead atoms. The van der Waals surface area contributed by atoms with Crippen LogP contribution < -0.4 is 4.74 Å². The monoisotopic (exact) mass is 368 g/mol. The molecule has 1 aromatic carbocycles. The first-order valence-electron chi connectivity index (χ1n) is 6.13. The van der Waals surface area contributed by atoms with Gasteiger partial charge >= 0.3 is 6.01 Å². The van der Waals surface area contributed by atoms with E-state index in [0.717, 1.165) is 14.9 Å². The Morgan fingerprint density at radius 2 is 1.74 bits per heavy atom. The lowest BCUT2D eigenvalue weighted by Crippen LogP contribution is -2.11. The van der Waals surface area contributed by atoms with E-state index in [0.29, 0.717) is 6.01 Å². The molecular formula is C15H17IN2O. The van der Waals surface area contributed by atoms with Gasteiger partial charge in [-0.15, -0.1) is 0 Å². The minimum atomic E-state index is 0.142. The van der Waals surface area contributed by atoms with E-state index in [4.69, 9.17) is 4.74 Å². The minimum absolute atomic E-state index is 0.142. The van der Waals surface area contributed by atoms with Crippen LogP contribution in [0.2, 0.25) is 0 Å². The van der Waals surface area contributed by atoms with Gasteiger partial charge in [0.05, 0.1) is 0 Å². The highest BCUT2D eigenvalue weighted by Gasteiger charge is 2.15. The average molecular weight is 368 g/mol. The fourth-order valence-electron chi connectivity index (χ4n) is 1.68. The van der Waals surface area contributed by atoms with Crippen molar-refractivity contribution in [3.05, 3.63) is 45.3 Å². The maximum atomic E-state index is 5.71. The summed E-state index contributed by atoms with van der Waals surface area (Å²) in [5.74, 6) is 0.800. The van der Waals surface area contributed by atoms with Crippen molar-refractivity contribution < 1.29 is 4.74 Å². The second-order valence-corrected chi connectivity index (χ2v) is 6.76. The van der Waals surface area contributed by atoms with Crippen LogP contribution in [0.25, 0.3) is 0 Å². The fourth-order valence-corrected chi connectivity index (χ4v) is 1.96. The molecule has 4 heteroatoms. The standard InChI is InChI=1S/C15H17IN2O/c1-10-7-11(15(2,3)4)5-6-13(10)19-14-17-8-12(16)9-18-14/h5-9H,1-4H3. The predicted molar refractivity (Wildman–Crippen MR) is 84.7 cm³/mol. The fraction of sp³-hybridized carbons (Fsp3) is 0.333. The molecule has 0 saturated carbocycles. The molecule has 100 valence electrons. The molecule has 0 amide bonds. The SMILES string of the molecule is Cc1cc(C(C)(C)C)ccc1Oc1ncc(I)cn1. The molecular weight excluding hydrogens is 351 g/mol. The topological polar surface area (TPSA) is 35.0 Å². The highest BCUT2D eigenvalue weighted by atomic mass is 127. The van der Waals surface area contributed by atoms with Gasteiger partial charge in [-0.2, -0.15) is 0 Å². The molecule has 1 aromatic heterocycles. The van der Waals surface area contributed by atoms with E-state index in [-0.39, 0.29) is 5.41 Å². The Morgan fingerprint density at radius 3 is 2.26 bits per heavy atom. The number of nitrogens with zero attached hydrogens (tertiary/aromatic N) is 2. The van der Waals surface area contributed by atoms with Gasteiger partial charge in [-0.25, -0.2) is 9.97 Å². The summed E-state index contributed by atoms with van der Waals surface area (Å²) in [4.78, 5) is 8.29. The van der Waals surface area contributed by atoms with Gasteiger partial charge in [-0.3, -0.25) is 0 Å². The zero-order valence-electron chi connectivity index (χ0n) is 11.6.